The van der Waals surface area contributed by atoms with Gasteiger partial charge in [-0.2, -0.15) is 4.98 Å². The van der Waals surface area contributed by atoms with Crippen LogP contribution in [-0.2, 0) is 0 Å². The lowest BCUT2D eigenvalue weighted by Crippen LogP contribution is -2.48. The minimum Gasteiger partial charge on any atom is -0.354 e. The van der Waals surface area contributed by atoms with Gasteiger partial charge >= 0.3 is 0 Å². The second kappa shape index (κ2) is 6.88. The number of hydrogen-bond donors (Lipinski definition) is 1. The minimum atomic E-state index is 0.734. The van der Waals surface area contributed by atoms with E-state index in [-0.39, 0.29) is 0 Å². The van der Waals surface area contributed by atoms with Crippen LogP contribution in [0.1, 0.15) is 26.3 Å². The Labute approximate surface area is 122 Å². The van der Waals surface area contributed by atoms with E-state index in [0.29, 0.717) is 0 Å². The third-order valence-corrected chi connectivity index (χ3v) is 3.58. The van der Waals surface area contributed by atoms with Gasteiger partial charge in [0, 0.05) is 51.0 Å². The Morgan fingerprint density at radius 2 is 1.95 bits per heavy atom. The van der Waals surface area contributed by atoms with Gasteiger partial charge in [0.2, 0.25) is 5.95 Å². The number of nitrogens with zero attached hydrogens (tertiary/aromatic N) is 4. The highest BCUT2D eigenvalue weighted by atomic mass is 15.3. The summed E-state index contributed by atoms with van der Waals surface area (Å²) >= 11 is 0. The van der Waals surface area contributed by atoms with Crippen molar-refractivity contribution in [3.8, 4) is 0 Å². The molecule has 0 aromatic carbocycles. The first-order valence-corrected chi connectivity index (χ1v) is 7.65. The van der Waals surface area contributed by atoms with Crippen LogP contribution in [0.15, 0.2) is 6.20 Å². The van der Waals surface area contributed by atoms with E-state index in [9.17, 15) is 0 Å². The number of hydrogen-bond acceptors (Lipinski definition) is 5. The van der Waals surface area contributed by atoms with Crippen LogP contribution in [0.2, 0.25) is 0 Å². The second-order valence-corrected chi connectivity index (χ2v) is 5.91. The lowest BCUT2D eigenvalue weighted by Gasteiger charge is -2.36. The standard InChI is InChI=1S/C15H27N5/c1-5-16-15-17-10-13(4)14(18-15)20-8-6-19(7-9-20)11-12(2)3/h10,12H,5-9,11H2,1-4H3,(H,16,17,18). The summed E-state index contributed by atoms with van der Waals surface area (Å²) in [6, 6.07) is 0. The molecule has 1 aliphatic rings. The van der Waals surface area contributed by atoms with Crippen molar-refractivity contribution in [3.05, 3.63) is 11.8 Å². The number of aromatic nitrogens is 2. The van der Waals surface area contributed by atoms with Gasteiger partial charge in [0.15, 0.2) is 0 Å². The summed E-state index contributed by atoms with van der Waals surface area (Å²) < 4.78 is 0. The molecule has 0 atom stereocenters. The Bertz CT molecular complexity index is 424. The van der Waals surface area contributed by atoms with E-state index < -0.39 is 0 Å². The molecule has 0 amide bonds. The van der Waals surface area contributed by atoms with Gasteiger partial charge in [-0.05, 0) is 19.8 Å². The highest BCUT2D eigenvalue weighted by molar-refractivity contribution is 5.49. The van der Waals surface area contributed by atoms with Crippen molar-refractivity contribution < 1.29 is 0 Å². The summed E-state index contributed by atoms with van der Waals surface area (Å²) in [5, 5.41) is 3.19. The third kappa shape index (κ3) is 3.82. The van der Waals surface area contributed by atoms with Gasteiger partial charge in [0.05, 0.1) is 0 Å². The molecule has 2 heterocycles. The molecule has 20 heavy (non-hydrogen) atoms. The average Bonchev–Trinajstić information content (AvgIpc) is 2.42. The van der Waals surface area contributed by atoms with E-state index in [1.807, 2.05) is 6.20 Å². The number of aryl methyl sites for hydroxylation is 1. The second-order valence-electron chi connectivity index (χ2n) is 5.91. The van der Waals surface area contributed by atoms with Gasteiger partial charge in [0.1, 0.15) is 5.82 Å². The van der Waals surface area contributed by atoms with Crippen molar-refractivity contribution in [1.29, 1.82) is 0 Å². The minimum absolute atomic E-state index is 0.734. The molecular weight excluding hydrogens is 250 g/mol. The number of anilines is 2. The summed E-state index contributed by atoms with van der Waals surface area (Å²) in [7, 11) is 0. The van der Waals surface area contributed by atoms with E-state index in [1.165, 1.54) is 6.54 Å². The van der Waals surface area contributed by atoms with Gasteiger partial charge in [-0.25, -0.2) is 4.98 Å². The summed E-state index contributed by atoms with van der Waals surface area (Å²) in [5.74, 6) is 2.56. The lowest BCUT2D eigenvalue weighted by atomic mass is 10.2. The summed E-state index contributed by atoms with van der Waals surface area (Å²) in [4.78, 5) is 13.9. The van der Waals surface area contributed by atoms with Crippen LogP contribution in [0.4, 0.5) is 11.8 Å². The molecule has 1 N–H and O–H groups in total. The number of nitrogens with one attached hydrogen (secondary N) is 1. The Hall–Kier alpha value is -1.36. The zero-order chi connectivity index (χ0) is 14.5. The average molecular weight is 277 g/mol. The normalized spacial score (nSPS) is 16.8. The highest BCUT2D eigenvalue weighted by Crippen LogP contribution is 2.19. The smallest absolute Gasteiger partial charge is 0.224 e. The van der Waals surface area contributed by atoms with E-state index >= 15 is 0 Å². The van der Waals surface area contributed by atoms with Crippen LogP contribution in [0.5, 0.6) is 0 Å². The monoisotopic (exact) mass is 277 g/mol. The maximum absolute atomic E-state index is 4.66. The maximum Gasteiger partial charge on any atom is 0.224 e. The van der Waals surface area contributed by atoms with Crippen LogP contribution in [0.3, 0.4) is 0 Å². The summed E-state index contributed by atoms with van der Waals surface area (Å²) in [6.45, 7) is 15.1. The Morgan fingerprint density at radius 1 is 1.25 bits per heavy atom. The molecule has 1 saturated heterocycles. The number of rotatable bonds is 5. The first-order valence-electron chi connectivity index (χ1n) is 7.65. The van der Waals surface area contributed by atoms with Crippen molar-refractivity contribution >= 4 is 11.8 Å². The molecule has 112 valence electrons. The molecule has 1 aromatic rings. The van der Waals surface area contributed by atoms with Gasteiger partial charge in [0.25, 0.3) is 0 Å². The predicted octanol–water partition coefficient (Wildman–Crippen LogP) is 1.99. The maximum atomic E-state index is 4.66. The highest BCUT2D eigenvalue weighted by Gasteiger charge is 2.20. The van der Waals surface area contributed by atoms with E-state index in [0.717, 1.165) is 56.0 Å². The Morgan fingerprint density at radius 3 is 2.55 bits per heavy atom. The molecule has 1 fully saturated rings. The van der Waals surface area contributed by atoms with Crippen molar-refractivity contribution in [2.75, 3.05) is 49.5 Å². The van der Waals surface area contributed by atoms with Gasteiger partial charge in [-0.3, -0.25) is 4.90 Å². The predicted molar refractivity (Wildman–Crippen MR) is 84.4 cm³/mol. The molecule has 0 saturated carbocycles. The SMILES string of the molecule is CCNc1ncc(C)c(N2CCN(CC(C)C)CC2)n1. The number of piperazine rings is 1. The Balaban J connectivity index is 2.00. The van der Waals surface area contributed by atoms with E-state index in [2.05, 4.69) is 52.8 Å². The van der Waals surface area contributed by atoms with E-state index in [4.69, 9.17) is 0 Å². The molecule has 0 bridgehead atoms. The van der Waals surface area contributed by atoms with Gasteiger partial charge in [-0.1, -0.05) is 13.8 Å². The molecule has 1 aliphatic heterocycles. The molecule has 2 rings (SSSR count). The first kappa shape index (κ1) is 15.0. The van der Waals surface area contributed by atoms with Crippen molar-refractivity contribution in [2.24, 2.45) is 5.92 Å². The van der Waals surface area contributed by atoms with Crippen LogP contribution in [-0.4, -0.2) is 54.1 Å². The topological polar surface area (TPSA) is 44.3 Å². The fraction of sp³-hybridized carbons (Fsp3) is 0.733. The third-order valence-electron chi connectivity index (χ3n) is 3.58. The van der Waals surface area contributed by atoms with Gasteiger partial charge in [-0.15, -0.1) is 0 Å². The quantitative estimate of drug-likeness (QED) is 0.892. The van der Waals surface area contributed by atoms with Crippen LogP contribution >= 0.6 is 0 Å². The van der Waals surface area contributed by atoms with Crippen molar-refractivity contribution in [1.82, 2.24) is 14.9 Å². The van der Waals surface area contributed by atoms with Crippen molar-refractivity contribution in [2.45, 2.75) is 27.7 Å². The fourth-order valence-corrected chi connectivity index (χ4v) is 2.66. The molecule has 1 aromatic heterocycles. The fourth-order valence-electron chi connectivity index (χ4n) is 2.66. The van der Waals surface area contributed by atoms with Crippen LogP contribution < -0.4 is 10.2 Å². The molecule has 0 spiro atoms. The molecule has 0 unspecified atom stereocenters. The molecule has 0 radical (unpaired) electrons. The van der Waals surface area contributed by atoms with Crippen molar-refractivity contribution in [3.63, 3.8) is 0 Å². The van der Waals surface area contributed by atoms with Gasteiger partial charge < -0.3 is 10.2 Å². The summed E-state index contributed by atoms with van der Waals surface area (Å²) in [5.41, 5.74) is 1.16. The largest absolute Gasteiger partial charge is 0.354 e. The zero-order valence-electron chi connectivity index (χ0n) is 13.2. The Kier molecular flexibility index (Phi) is 5.17. The van der Waals surface area contributed by atoms with E-state index in [1.54, 1.807) is 0 Å². The summed E-state index contributed by atoms with van der Waals surface area (Å²) in [6.07, 6.45) is 1.92. The van der Waals surface area contributed by atoms with Crippen LogP contribution in [0, 0.1) is 12.8 Å². The molecule has 5 nitrogen and oxygen atoms in total. The zero-order valence-corrected chi connectivity index (χ0v) is 13.2. The molecule has 5 heteroatoms. The molecule has 0 aliphatic carbocycles. The lowest BCUT2D eigenvalue weighted by molar-refractivity contribution is 0.231. The van der Waals surface area contributed by atoms with Crippen LogP contribution in [0.25, 0.3) is 0 Å². The molecular formula is C15H27N5. The first-order chi connectivity index (χ1) is 9.60.